The summed E-state index contributed by atoms with van der Waals surface area (Å²) in [6.45, 7) is 5.67. The van der Waals surface area contributed by atoms with E-state index in [9.17, 15) is 0 Å². The van der Waals surface area contributed by atoms with E-state index in [1.165, 1.54) is 76.4 Å². The molecule has 114 valence electrons. The van der Waals surface area contributed by atoms with Crippen molar-refractivity contribution in [2.24, 2.45) is 0 Å². The van der Waals surface area contributed by atoms with Crippen molar-refractivity contribution in [1.29, 1.82) is 0 Å². The number of thioether (sulfide) groups is 1. The van der Waals surface area contributed by atoms with Crippen molar-refractivity contribution < 1.29 is 0 Å². The predicted molar refractivity (Wildman–Crippen MR) is 90.2 cm³/mol. The Labute approximate surface area is 125 Å². The third-order valence-electron chi connectivity index (χ3n) is 4.23. The third-order valence-corrected chi connectivity index (χ3v) is 5.77. The molecule has 0 radical (unpaired) electrons. The van der Waals surface area contributed by atoms with Crippen molar-refractivity contribution >= 4 is 11.8 Å². The number of hydrogen-bond donors (Lipinski definition) is 1. The van der Waals surface area contributed by atoms with Crippen molar-refractivity contribution in [3.05, 3.63) is 0 Å². The maximum atomic E-state index is 3.69. The number of hydrogen-bond acceptors (Lipinski definition) is 2. The molecule has 1 aliphatic rings. The monoisotopic (exact) mass is 285 g/mol. The van der Waals surface area contributed by atoms with Crippen molar-refractivity contribution in [3.8, 4) is 0 Å². The summed E-state index contributed by atoms with van der Waals surface area (Å²) in [4.78, 5) is 0. The minimum atomic E-state index is 0.763. The molecule has 1 N–H and O–H groups in total. The van der Waals surface area contributed by atoms with Crippen LogP contribution in [0, 0.1) is 0 Å². The Bertz CT molecular complexity index is 190. The van der Waals surface area contributed by atoms with Gasteiger partial charge in [0.05, 0.1) is 0 Å². The van der Waals surface area contributed by atoms with Gasteiger partial charge in [0, 0.05) is 17.0 Å². The summed E-state index contributed by atoms with van der Waals surface area (Å²) < 4.78 is 0. The summed E-state index contributed by atoms with van der Waals surface area (Å²) in [6, 6.07) is 0.763. The fourth-order valence-corrected chi connectivity index (χ4v) is 4.47. The minimum Gasteiger partial charge on any atom is -0.313 e. The third kappa shape index (κ3) is 8.96. The maximum absolute atomic E-state index is 3.69. The molecule has 2 heteroatoms. The average molecular weight is 286 g/mol. The summed E-state index contributed by atoms with van der Waals surface area (Å²) in [7, 11) is 0. The van der Waals surface area contributed by atoms with Crippen molar-refractivity contribution in [2.45, 2.75) is 95.8 Å². The largest absolute Gasteiger partial charge is 0.313 e. The van der Waals surface area contributed by atoms with Gasteiger partial charge in [-0.25, -0.2) is 0 Å². The van der Waals surface area contributed by atoms with Crippen LogP contribution in [0.5, 0.6) is 0 Å². The smallest absolute Gasteiger partial charge is 0.0158 e. The van der Waals surface area contributed by atoms with Gasteiger partial charge in [-0.15, -0.1) is 0 Å². The number of rotatable bonds is 11. The standard InChI is InChI=1S/C17H35NS/c1-3-5-6-7-9-12-16(18-4-2)15-19-17-13-10-8-11-14-17/h16-18H,3-15H2,1-2H3. The van der Waals surface area contributed by atoms with Crippen LogP contribution in [0.15, 0.2) is 0 Å². The van der Waals surface area contributed by atoms with Crippen LogP contribution in [0.3, 0.4) is 0 Å². The normalized spacial score (nSPS) is 18.6. The lowest BCUT2D eigenvalue weighted by Gasteiger charge is -2.24. The lowest BCUT2D eigenvalue weighted by molar-refractivity contribution is 0.491. The van der Waals surface area contributed by atoms with E-state index in [0.29, 0.717) is 0 Å². The first-order chi connectivity index (χ1) is 9.36. The van der Waals surface area contributed by atoms with Crippen LogP contribution in [-0.2, 0) is 0 Å². The molecule has 0 spiro atoms. The summed E-state index contributed by atoms with van der Waals surface area (Å²) in [6.07, 6.45) is 15.8. The Morgan fingerprint density at radius 1 is 1.00 bits per heavy atom. The second-order valence-electron chi connectivity index (χ2n) is 6.05. The van der Waals surface area contributed by atoms with E-state index in [1.54, 1.807) is 0 Å². The molecule has 1 aliphatic carbocycles. The van der Waals surface area contributed by atoms with Gasteiger partial charge in [0.15, 0.2) is 0 Å². The van der Waals surface area contributed by atoms with Crippen molar-refractivity contribution in [2.75, 3.05) is 12.3 Å². The molecular weight excluding hydrogens is 250 g/mol. The topological polar surface area (TPSA) is 12.0 Å². The lowest BCUT2D eigenvalue weighted by atomic mass is 10.0. The van der Waals surface area contributed by atoms with Crippen LogP contribution in [0.2, 0.25) is 0 Å². The Morgan fingerprint density at radius 3 is 2.42 bits per heavy atom. The molecular formula is C17H35NS. The first-order valence-corrected chi connectivity index (χ1v) is 9.76. The Kier molecular flexibility index (Phi) is 11.0. The highest BCUT2D eigenvalue weighted by atomic mass is 32.2. The first kappa shape index (κ1) is 17.4. The molecule has 1 saturated carbocycles. The highest BCUT2D eigenvalue weighted by molar-refractivity contribution is 7.99. The van der Waals surface area contributed by atoms with Crippen molar-refractivity contribution in [3.63, 3.8) is 0 Å². The van der Waals surface area contributed by atoms with Gasteiger partial charge in [-0.2, -0.15) is 11.8 Å². The molecule has 0 aromatic rings. The molecule has 0 saturated heterocycles. The first-order valence-electron chi connectivity index (χ1n) is 8.71. The van der Waals surface area contributed by atoms with Crippen LogP contribution in [0.1, 0.15) is 84.5 Å². The molecule has 1 rings (SSSR count). The van der Waals surface area contributed by atoms with Gasteiger partial charge in [-0.3, -0.25) is 0 Å². The SMILES string of the molecule is CCCCCCCC(CSC1CCCCC1)NCC. The summed E-state index contributed by atoms with van der Waals surface area (Å²) in [5, 5.41) is 4.66. The number of nitrogens with one attached hydrogen (secondary N) is 1. The van der Waals surface area contributed by atoms with Crippen molar-refractivity contribution in [1.82, 2.24) is 5.32 Å². The maximum Gasteiger partial charge on any atom is 0.0158 e. The van der Waals surface area contributed by atoms with Crippen LogP contribution < -0.4 is 5.32 Å². The molecule has 0 heterocycles. The van der Waals surface area contributed by atoms with Gasteiger partial charge in [-0.05, 0) is 25.8 Å². The highest BCUT2D eigenvalue weighted by Gasteiger charge is 2.16. The second-order valence-corrected chi connectivity index (χ2v) is 7.38. The average Bonchev–Trinajstić information content (AvgIpc) is 2.45. The fraction of sp³-hybridized carbons (Fsp3) is 1.00. The summed E-state index contributed by atoms with van der Waals surface area (Å²) >= 11 is 2.25. The second kappa shape index (κ2) is 12.1. The molecule has 19 heavy (non-hydrogen) atoms. The van der Waals surface area contributed by atoms with Gasteiger partial charge in [-0.1, -0.05) is 65.2 Å². The van der Waals surface area contributed by atoms with Crippen LogP contribution in [-0.4, -0.2) is 23.6 Å². The molecule has 0 bridgehead atoms. The zero-order valence-electron chi connectivity index (χ0n) is 13.3. The van der Waals surface area contributed by atoms with Gasteiger partial charge in [0.25, 0.3) is 0 Å². The molecule has 1 unspecified atom stereocenters. The minimum absolute atomic E-state index is 0.763. The number of unbranched alkanes of at least 4 members (excludes halogenated alkanes) is 4. The van der Waals surface area contributed by atoms with E-state index >= 15 is 0 Å². The van der Waals surface area contributed by atoms with Gasteiger partial charge >= 0.3 is 0 Å². The van der Waals surface area contributed by atoms with E-state index in [1.807, 2.05) is 0 Å². The zero-order valence-corrected chi connectivity index (χ0v) is 14.1. The van der Waals surface area contributed by atoms with Gasteiger partial charge in [0.2, 0.25) is 0 Å². The molecule has 1 atom stereocenters. The van der Waals surface area contributed by atoms with E-state index in [0.717, 1.165) is 17.8 Å². The van der Waals surface area contributed by atoms with E-state index in [-0.39, 0.29) is 0 Å². The molecule has 0 aromatic carbocycles. The van der Waals surface area contributed by atoms with Crippen LogP contribution >= 0.6 is 11.8 Å². The van der Waals surface area contributed by atoms with E-state index < -0.39 is 0 Å². The van der Waals surface area contributed by atoms with Crippen LogP contribution in [0.4, 0.5) is 0 Å². The zero-order chi connectivity index (χ0) is 13.8. The highest BCUT2D eigenvalue weighted by Crippen LogP contribution is 2.29. The molecule has 0 aliphatic heterocycles. The Hall–Kier alpha value is 0.310. The van der Waals surface area contributed by atoms with E-state index in [4.69, 9.17) is 0 Å². The van der Waals surface area contributed by atoms with Crippen LogP contribution in [0.25, 0.3) is 0 Å². The summed E-state index contributed by atoms with van der Waals surface area (Å²) in [5.41, 5.74) is 0. The van der Waals surface area contributed by atoms with Gasteiger partial charge < -0.3 is 5.32 Å². The molecule has 1 fully saturated rings. The quantitative estimate of drug-likeness (QED) is 0.511. The molecule has 0 aromatic heterocycles. The predicted octanol–water partition coefficient (Wildman–Crippen LogP) is 5.39. The Balaban J connectivity index is 2.08. The Morgan fingerprint density at radius 2 is 1.74 bits per heavy atom. The molecule has 0 amide bonds. The summed E-state index contributed by atoms with van der Waals surface area (Å²) in [5.74, 6) is 1.34. The fourth-order valence-electron chi connectivity index (χ4n) is 3.01. The molecule has 1 nitrogen and oxygen atoms in total. The lowest BCUT2D eigenvalue weighted by Crippen LogP contribution is -2.32. The van der Waals surface area contributed by atoms with E-state index in [2.05, 4.69) is 30.9 Å². The van der Waals surface area contributed by atoms with Gasteiger partial charge in [0.1, 0.15) is 0 Å².